The van der Waals surface area contributed by atoms with Crippen LogP contribution in [0.25, 0.3) is 0 Å². The number of nitrogens with zero attached hydrogens (tertiary/aromatic N) is 1. The zero-order valence-electron chi connectivity index (χ0n) is 11.3. The van der Waals surface area contributed by atoms with Gasteiger partial charge in [0, 0.05) is 5.02 Å². The minimum absolute atomic E-state index is 0.223. The lowest BCUT2D eigenvalue weighted by molar-refractivity contribution is -0.136. The highest BCUT2D eigenvalue weighted by molar-refractivity contribution is 6.31. The van der Waals surface area contributed by atoms with Crippen LogP contribution in [0.3, 0.4) is 0 Å². The molecule has 0 saturated heterocycles. The number of carbonyl (C=O) groups excluding carboxylic acids is 1. The molecular weight excluding hydrogens is 290 g/mol. The van der Waals surface area contributed by atoms with Crippen LogP contribution in [0.4, 0.5) is 0 Å². The second kappa shape index (κ2) is 6.78. The van der Waals surface area contributed by atoms with Gasteiger partial charge in [-0.25, -0.2) is 4.79 Å². The van der Waals surface area contributed by atoms with Crippen molar-refractivity contribution in [2.45, 2.75) is 6.92 Å². The number of carbonyl (C=O) groups is 1. The SMILES string of the molecule is Cc1cc(OCC(=O)Oc2ccccc2C#N)ccc1Cl. The number of ether oxygens (including phenoxy) is 2. The molecule has 2 rings (SSSR count). The van der Waals surface area contributed by atoms with E-state index in [2.05, 4.69) is 0 Å². The number of rotatable bonds is 4. The van der Waals surface area contributed by atoms with E-state index in [4.69, 9.17) is 26.3 Å². The summed E-state index contributed by atoms with van der Waals surface area (Å²) in [5.74, 6) is 0.175. The molecule has 2 aromatic carbocycles. The van der Waals surface area contributed by atoms with Crippen molar-refractivity contribution < 1.29 is 14.3 Å². The van der Waals surface area contributed by atoms with Gasteiger partial charge in [0.15, 0.2) is 6.61 Å². The molecule has 0 atom stereocenters. The van der Waals surface area contributed by atoms with Crippen molar-refractivity contribution in [3.63, 3.8) is 0 Å². The Labute approximate surface area is 127 Å². The molecule has 0 saturated carbocycles. The number of esters is 1. The van der Waals surface area contributed by atoms with Crippen molar-refractivity contribution in [3.8, 4) is 17.6 Å². The van der Waals surface area contributed by atoms with Crippen LogP contribution in [0, 0.1) is 18.3 Å². The molecule has 0 N–H and O–H groups in total. The van der Waals surface area contributed by atoms with Gasteiger partial charge in [0.1, 0.15) is 17.6 Å². The molecule has 0 bridgehead atoms. The Kier molecular flexibility index (Phi) is 4.81. The molecule has 0 unspecified atom stereocenters. The first kappa shape index (κ1) is 14.9. The van der Waals surface area contributed by atoms with Crippen molar-refractivity contribution in [1.29, 1.82) is 5.26 Å². The molecule has 0 fully saturated rings. The molecule has 0 heterocycles. The number of para-hydroxylation sites is 1. The van der Waals surface area contributed by atoms with Crippen LogP contribution in [-0.4, -0.2) is 12.6 Å². The van der Waals surface area contributed by atoms with E-state index >= 15 is 0 Å². The first-order valence-corrected chi connectivity index (χ1v) is 6.56. The van der Waals surface area contributed by atoms with Crippen LogP contribution < -0.4 is 9.47 Å². The van der Waals surface area contributed by atoms with Crippen LogP contribution in [0.15, 0.2) is 42.5 Å². The molecule has 0 amide bonds. The molecule has 5 heteroatoms. The van der Waals surface area contributed by atoms with E-state index in [0.29, 0.717) is 16.3 Å². The zero-order chi connectivity index (χ0) is 15.2. The minimum Gasteiger partial charge on any atom is -0.482 e. The summed E-state index contributed by atoms with van der Waals surface area (Å²) in [6, 6.07) is 13.6. The highest BCUT2D eigenvalue weighted by Crippen LogP contribution is 2.21. The molecule has 4 nitrogen and oxygen atoms in total. The summed E-state index contributed by atoms with van der Waals surface area (Å²) in [6.45, 7) is 1.59. The third kappa shape index (κ3) is 3.98. The second-order valence-electron chi connectivity index (χ2n) is 4.28. The Hall–Kier alpha value is -2.51. The summed E-state index contributed by atoms with van der Waals surface area (Å²) in [5.41, 5.74) is 1.16. The maximum absolute atomic E-state index is 11.7. The summed E-state index contributed by atoms with van der Waals surface area (Å²) in [4.78, 5) is 11.7. The monoisotopic (exact) mass is 301 g/mol. The van der Waals surface area contributed by atoms with Crippen molar-refractivity contribution in [2.75, 3.05) is 6.61 Å². The molecule has 106 valence electrons. The van der Waals surface area contributed by atoms with Gasteiger partial charge in [0.2, 0.25) is 0 Å². The van der Waals surface area contributed by atoms with E-state index in [1.54, 1.807) is 42.5 Å². The smallest absolute Gasteiger partial charge is 0.349 e. The fraction of sp³-hybridized carbons (Fsp3) is 0.125. The topological polar surface area (TPSA) is 59.3 Å². The summed E-state index contributed by atoms with van der Waals surface area (Å²) in [7, 11) is 0. The molecule has 2 aromatic rings. The van der Waals surface area contributed by atoms with Gasteiger partial charge in [-0.1, -0.05) is 23.7 Å². The van der Waals surface area contributed by atoms with Crippen molar-refractivity contribution in [2.24, 2.45) is 0 Å². The van der Waals surface area contributed by atoms with Gasteiger partial charge >= 0.3 is 5.97 Å². The molecule has 0 radical (unpaired) electrons. The minimum atomic E-state index is -0.578. The fourth-order valence-electron chi connectivity index (χ4n) is 1.65. The third-order valence-electron chi connectivity index (χ3n) is 2.72. The van der Waals surface area contributed by atoms with Crippen LogP contribution in [0.1, 0.15) is 11.1 Å². The lowest BCUT2D eigenvalue weighted by atomic mass is 10.2. The highest BCUT2D eigenvalue weighted by Gasteiger charge is 2.10. The molecule has 0 spiro atoms. The number of hydrogen-bond donors (Lipinski definition) is 0. The second-order valence-corrected chi connectivity index (χ2v) is 4.69. The normalized spacial score (nSPS) is 9.76. The van der Waals surface area contributed by atoms with Crippen molar-refractivity contribution in [3.05, 3.63) is 58.6 Å². The first-order valence-electron chi connectivity index (χ1n) is 6.19. The predicted molar refractivity (Wildman–Crippen MR) is 78.5 cm³/mol. The van der Waals surface area contributed by atoms with Gasteiger partial charge in [-0.15, -0.1) is 0 Å². The Morgan fingerprint density at radius 1 is 1.29 bits per heavy atom. The number of aryl methyl sites for hydroxylation is 1. The van der Waals surface area contributed by atoms with Gasteiger partial charge in [-0.3, -0.25) is 0 Å². The van der Waals surface area contributed by atoms with Gasteiger partial charge in [-0.05, 0) is 42.8 Å². The predicted octanol–water partition coefficient (Wildman–Crippen LogP) is 3.50. The molecule has 0 aliphatic rings. The van der Waals surface area contributed by atoms with Crippen LogP contribution in [0.5, 0.6) is 11.5 Å². The Bertz CT molecular complexity index is 707. The van der Waals surface area contributed by atoms with E-state index in [1.807, 2.05) is 13.0 Å². The largest absolute Gasteiger partial charge is 0.482 e. The van der Waals surface area contributed by atoms with Gasteiger partial charge < -0.3 is 9.47 Å². The number of hydrogen-bond acceptors (Lipinski definition) is 4. The van der Waals surface area contributed by atoms with Crippen LogP contribution >= 0.6 is 11.6 Å². The lowest BCUT2D eigenvalue weighted by Crippen LogP contribution is -2.18. The molecule has 21 heavy (non-hydrogen) atoms. The Morgan fingerprint density at radius 3 is 2.76 bits per heavy atom. The maximum atomic E-state index is 11.7. The molecule has 0 aliphatic carbocycles. The third-order valence-corrected chi connectivity index (χ3v) is 3.14. The molecule has 0 aliphatic heterocycles. The van der Waals surface area contributed by atoms with Crippen molar-refractivity contribution >= 4 is 17.6 Å². The average molecular weight is 302 g/mol. The number of benzene rings is 2. The van der Waals surface area contributed by atoms with Crippen LogP contribution in [-0.2, 0) is 4.79 Å². The molecule has 0 aromatic heterocycles. The van der Waals surface area contributed by atoms with Gasteiger partial charge in [0.25, 0.3) is 0 Å². The van der Waals surface area contributed by atoms with Crippen molar-refractivity contribution in [1.82, 2.24) is 0 Å². The average Bonchev–Trinajstić information content (AvgIpc) is 2.49. The van der Waals surface area contributed by atoms with E-state index in [1.165, 1.54) is 0 Å². The zero-order valence-corrected chi connectivity index (χ0v) is 12.1. The van der Waals surface area contributed by atoms with Crippen LogP contribution in [0.2, 0.25) is 5.02 Å². The summed E-state index contributed by atoms with van der Waals surface area (Å²) in [5, 5.41) is 9.54. The van der Waals surface area contributed by atoms with E-state index in [-0.39, 0.29) is 12.4 Å². The lowest BCUT2D eigenvalue weighted by Gasteiger charge is -2.08. The van der Waals surface area contributed by atoms with E-state index in [0.717, 1.165) is 5.56 Å². The number of halogens is 1. The molecular formula is C16H12ClNO3. The maximum Gasteiger partial charge on any atom is 0.349 e. The highest BCUT2D eigenvalue weighted by atomic mass is 35.5. The first-order chi connectivity index (χ1) is 10.1. The standard InChI is InChI=1S/C16H12ClNO3/c1-11-8-13(6-7-14(11)17)20-10-16(19)21-15-5-3-2-4-12(15)9-18/h2-8H,10H2,1H3. The van der Waals surface area contributed by atoms with E-state index in [9.17, 15) is 4.79 Å². The quantitative estimate of drug-likeness (QED) is 0.640. The number of nitriles is 1. The Balaban J connectivity index is 1.96. The summed E-state index contributed by atoms with van der Waals surface area (Å²) >= 11 is 5.91. The van der Waals surface area contributed by atoms with E-state index < -0.39 is 5.97 Å². The summed E-state index contributed by atoms with van der Waals surface area (Å²) < 4.78 is 10.4. The Morgan fingerprint density at radius 2 is 2.05 bits per heavy atom. The van der Waals surface area contributed by atoms with Gasteiger partial charge in [-0.2, -0.15) is 5.26 Å². The van der Waals surface area contributed by atoms with Gasteiger partial charge in [0.05, 0.1) is 5.56 Å². The summed E-state index contributed by atoms with van der Waals surface area (Å²) in [6.07, 6.45) is 0. The fourth-order valence-corrected chi connectivity index (χ4v) is 1.77.